The molecule has 0 bridgehead atoms. The highest BCUT2D eigenvalue weighted by Crippen LogP contribution is 2.37. The molecule has 2 aliphatic rings. The predicted molar refractivity (Wildman–Crippen MR) is 154 cm³/mol. The lowest BCUT2D eigenvalue weighted by Crippen LogP contribution is -2.57. The molecule has 1 amide bonds. The molecule has 44 heavy (non-hydrogen) atoms. The molecule has 0 aromatic heterocycles. The molecule has 3 unspecified atom stereocenters. The van der Waals surface area contributed by atoms with E-state index in [9.17, 15) is 36.2 Å². The number of aliphatic hydroxyl groups excluding tert-OH is 1. The molecule has 1 N–H and O–H groups in total. The molecule has 2 heterocycles. The Labute approximate surface area is 252 Å². The van der Waals surface area contributed by atoms with Crippen LogP contribution in [0.4, 0.5) is 26.3 Å². The van der Waals surface area contributed by atoms with Gasteiger partial charge in [-0.3, -0.25) is 14.6 Å². The summed E-state index contributed by atoms with van der Waals surface area (Å²) in [6, 6.07) is 19.6. The molecule has 236 valence electrons. The van der Waals surface area contributed by atoms with Gasteiger partial charge in [-0.05, 0) is 48.6 Å². The van der Waals surface area contributed by atoms with Crippen LogP contribution in [0.2, 0.25) is 0 Å². The molecule has 0 saturated carbocycles. The molecule has 2 aliphatic heterocycles. The fourth-order valence-electron chi connectivity index (χ4n) is 6.29. The lowest BCUT2D eigenvalue weighted by molar-refractivity contribution is -0.143. The molecular formula is C33H35F6N3O2. The molecule has 3 aromatic carbocycles. The fraction of sp³-hybridized carbons (Fsp3) is 0.424. The van der Waals surface area contributed by atoms with Crippen LogP contribution in [0.1, 0.15) is 51.6 Å². The number of piperidine rings is 1. The van der Waals surface area contributed by atoms with Gasteiger partial charge in [0.25, 0.3) is 5.91 Å². The van der Waals surface area contributed by atoms with Gasteiger partial charge < -0.3 is 10.0 Å². The van der Waals surface area contributed by atoms with Crippen molar-refractivity contribution >= 4 is 5.91 Å². The molecule has 0 spiro atoms. The van der Waals surface area contributed by atoms with E-state index in [0.29, 0.717) is 37.9 Å². The van der Waals surface area contributed by atoms with Gasteiger partial charge in [-0.2, -0.15) is 26.3 Å². The minimum absolute atomic E-state index is 0.0446. The Morgan fingerprint density at radius 1 is 0.795 bits per heavy atom. The van der Waals surface area contributed by atoms with Crippen molar-refractivity contribution in [3.8, 4) is 0 Å². The third-order valence-electron chi connectivity index (χ3n) is 8.64. The Hall–Kier alpha value is -3.41. The Morgan fingerprint density at radius 3 is 1.93 bits per heavy atom. The second kappa shape index (κ2) is 13.3. The van der Waals surface area contributed by atoms with Gasteiger partial charge in [0.2, 0.25) is 0 Å². The molecule has 5 rings (SSSR count). The molecule has 11 heteroatoms. The summed E-state index contributed by atoms with van der Waals surface area (Å²) in [5, 5.41) is 10.6. The van der Waals surface area contributed by atoms with Gasteiger partial charge in [-0.15, -0.1) is 0 Å². The number of piperazine rings is 1. The highest BCUT2D eigenvalue weighted by Gasteiger charge is 2.40. The van der Waals surface area contributed by atoms with Crippen molar-refractivity contribution < 1.29 is 36.2 Å². The van der Waals surface area contributed by atoms with E-state index < -0.39 is 47.1 Å². The molecule has 5 nitrogen and oxygen atoms in total. The summed E-state index contributed by atoms with van der Waals surface area (Å²) in [5.41, 5.74) is -1.83. The zero-order chi connectivity index (χ0) is 31.5. The van der Waals surface area contributed by atoms with Gasteiger partial charge in [0.15, 0.2) is 0 Å². The second-order valence-corrected chi connectivity index (χ2v) is 11.6. The monoisotopic (exact) mass is 619 g/mol. The van der Waals surface area contributed by atoms with Gasteiger partial charge in [0.05, 0.1) is 17.2 Å². The third-order valence-corrected chi connectivity index (χ3v) is 8.64. The molecule has 3 aromatic rings. The van der Waals surface area contributed by atoms with Crippen molar-refractivity contribution in [2.75, 3.05) is 39.3 Å². The summed E-state index contributed by atoms with van der Waals surface area (Å²) < 4.78 is 81.2. The van der Waals surface area contributed by atoms with Gasteiger partial charge >= 0.3 is 12.4 Å². The third kappa shape index (κ3) is 7.80. The normalized spacial score (nSPS) is 21.3. The van der Waals surface area contributed by atoms with Crippen molar-refractivity contribution in [2.45, 2.75) is 49.8 Å². The van der Waals surface area contributed by atoms with Crippen LogP contribution >= 0.6 is 0 Å². The van der Waals surface area contributed by atoms with E-state index in [2.05, 4.69) is 9.80 Å². The summed E-state index contributed by atoms with van der Waals surface area (Å²) in [6.45, 7) is 3.72. The van der Waals surface area contributed by atoms with E-state index in [4.69, 9.17) is 0 Å². The summed E-state index contributed by atoms with van der Waals surface area (Å²) >= 11 is 0. The van der Waals surface area contributed by atoms with Gasteiger partial charge in [0.1, 0.15) is 0 Å². The van der Waals surface area contributed by atoms with Crippen LogP contribution < -0.4 is 0 Å². The molecule has 2 fully saturated rings. The van der Waals surface area contributed by atoms with E-state index in [-0.39, 0.29) is 18.7 Å². The number of alkyl halides is 6. The van der Waals surface area contributed by atoms with Gasteiger partial charge in [-0.1, -0.05) is 60.7 Å². The maximum Gasteiger partial charge on any atom is 0.416 e. The SMILES string of the molecule is O=C(c1cc(C(F)(F)F)cc(C(F)(F)F)c1)N1CCC(N2CCN(CC(O)c3ccccc3)CC2)CC1Cc1ccccc1. The van der Waals surface area contributed by atoms with E-state index in [0.717, 1.165) is 37.3 Å². The number of rotatable bonds is 7. The first kappa shape index (κ1) is 32.0. The molecule has 0 aliphatic carbocycles. The van der Waals surface area contributed by atoms with Crippen molar-refractivity contribution in [1.82, 2.24) is 14.7 Å². The summed E-state index contributed by atoms with van der Waals surface area (Å²) in [5.74, 6) is -0.833. The first-order chi connectivity index (χ1) is 20.9. The zero-order valence-electron chi connectivity index (χ0n) is 24.1. The van der Waals surface area contributed by atoms with Crippen molar-refractivity contribution in [2.24, 2.45) is 0 Å². The summed E-state index contributed by atoms with van der Waals surface area (Å²) in [6.07, 6.45) is -9.15. The molecule has 2 saturated heterocycles. The predicted octanol–water partition coefficient (Wildman–Crippen LogP) is 6.29. The Morgan fingerprint density at radius 2 is 1.36 bits per heavy atom. The number of likely N-dealkylation sites (tertiary alicyclic amines) is 1. The van der Waals surface area contributed by atoms with Crippen LogP contribution in [0.15, 0.2) is 78.9 Å². The summed E-state index contributed by atoms with van der Waals surface area (Å²) in [7, 11) is 0. The minimum atomic E-state index is -5.04. The van der Waals surface area contributed by atoms with Crippen LogP contribution in [0, 0.1) is 0 Å². The number of amides is 1. The maximum atomic E-state index is 13.7. The highest BCUT2D eigenvalue weighted by atomic mass is 19.4. The number of carbonyl (C=O) groups excluding carboxylic acids is 1. The average molecular weight is 620 g/mol. The minimum Gasteiger partial charge on any atom is -0.387 e. The average Bonchev–Trinajstić information content (AvgIpc) is 3.01. The van der Waals surface area contributed by atoms with Gasteiger partial charge in [0, 0.05) is 56.9 Å². The van der Waals surface area contributed by atoms with Gasteiger partial charge in [-0.25, -0.2) is 0 Å². The second-order valence-electron chi connectivity index (χ2n) is 11.6. The number of hydrogen-bond acceptors (Lipinski definition) is 4. The Balaban J connectivity index is 1.31. The van der Waals surface area contributed by atoms with Crippen LogP contribution in [0.25, 0.3) is 0 Å². The first-order valence-corrected chi connectivity index (χ1v) is 14.7. The smallest absolute Gasteiger partial charge is 0.387 e. The molecule has 0 radical (unpaired) electrons. The maximum absolute atomic E-state index is 13.7. The van der Waals surface area contributed by atoms with Crippen LogP contribution in [0.3, 0.4) is 0 Å². The topological polar surface area (TPSA) is 47.0 Å². The summed E-state index contributed by atoms with van der Waals surface area (Å²) in [4.78, 5) is 19.7. The number of aliphatic hydroxyl groups is 1. The lowest BCUT2D eigenvalue weighted by Gasteiger charge is -2.46. The lowest BCUT2D eigenvalue weighted by atomic mass is 9.90. The number of β-amino-alcohol motifs (C(OH)–C–C–N with tert-alkyl or cyclic N) is 1. The van der Waals surface area contributed by atoms with Crippen molar-refractivity contribution in [3.05, 3.63) is 107 Å². The number of benzene rings is 3. The van der Waals surface area contributed by atoms with Crippen molar-refractivity contribution in [3.63, 3.8) is 0 Å². The Bertz CT molecular complexity index is 1360. The van der Waals surface area contributed by atoms with E-state index in [1.165, 1.54) is 4.90 Å². The fourth-order valence-corrected chi connectivity index (χ4v) is 6.29. The number of carbonyl (C=O) groups is 1. The Kier molecular flexibility index (Phi) is 9.67. The quantitative estimate of drug-likeness (QED) is 0.316. The van der Waals surface area contributed by atoms with Crippen molar-refractivity contribution in [1.29, 1.82) is 0 Å². The van der Waals surface area contributed by atoms with E-state index >= 15 is 0 Å². The number of nitrogens with zero attached hydrogens (tertiary/aromatic N) is 3. The highest BCUT2D eigenvalue weighted by molar-refractivity contribution is 5.95. The first-order valence-electron chi connectivity index (χ1n) is 14.7. The zero-order valence-corrected chi connectivity index (χ0v) is 24.1. The van der Waals surface area contributed by atoms with E-state index in [1.54, 1.807) is 0 Å². The van der Waals surface area contributed by atoms with Crippen LogP contribution in [-0.2, 0) is 18.8 Å². The largest absolute Gasteiger partial charge is 0.416 e. The number of halogens is 6. The molecule has 3 atom stereocenters. The van der Waals surface area contributed by atoms with E-state index in [1.807, 2.05) is 60.7 Å². The standard InChI is InChI=1S/C33H35F6N3O2/c34-32(35,36)26-18-25(19-27(20-26)33(37,38)39)31(44)42-12-11-28(21-29(42)17-23-7-3-1-4-8-23)41-15-13-40(14-16-41)22-30(43)24-9-5-2-6-10-24/h1-10,18-20,28-30,43H,11-17,21-22H2. The van der Waals surface area contributed by atoms with Crippen LogP contribution in [0.5, 0.6) is 0 Å². The number of hydrogen-bond donors (Lipinski definition) is 1. The van der Waals surface area contributed by atoms with Crippen LogP contribution in [-0.4, -0.2) is 77.1 Å². The molecular weight excluding hydrogens is 584 g/mol.